The fourth-order valence-electron chi connectivity index (χ4n) is 0.126. The summed E-state index contributed by atoms with van der Waals surface area (Å²) >= 11 is 0.935. The van der Waals surface area contributed by atoms with Gasteiger partial charge in [0.15, 0.2) is 6.20 Å². The zero-order valence-corrected chi connectivity index (χ0v) is 3.60. The first-order valence-corrected chi connectivity index (χ1v) is 2.00. The zero-order chi connectivity index (χ0) is 4.24. The Labute approximate surface area is 39.4 Å². The van der Waals surface area contributed by atoms with E-state index in [0.717, 1.165) is 12.2 Å². The van der Waals surface area contributed by atoms with E-state index in [0.29, 0.717) is 0 Å². The predicted molar refractivity (Wildman–Crippen MR) is 21.3 cm³/mol. The highest BCUT2D eigenvalue weighted by Gasteiger charge is 1.81. The smallest absolute Gasteiger partial charge is 0.221 e. The molecule has 0 saturated heterocycles. The molecule has 0 aromatic carbocycles. The Morgan fingerprint density at radius 2 is 2.83 bits per heavy atom. The first kappa shape index (κ1) is 3.67. The van der Waals surface area contributed by atoms with Gasteiger partial charge in [-0.3, -0.25) is 0 Å². The number of hydrogen-bond acceptors (Lipinski definition) is 4. The summed E-state index contributed by atoms with van der Waals surface area (Å²) in [7, 11) is 0. The molecule has 0 aromatic heterocycles. The highest BCUT2D eigenvalue weighted by Crippen LogP contribution is 2.08. The maximum absolute atomic E-state index is 4.49. The predicted octanol–water partition coefficient (Wildman–Crippen LogP) is 1.31. The first-order valence-electron chi connectivity index (χ1n) is 1.30. The molecule has 1 aliphatic heterocycles. The summed E-state index contributed by atoms with van der Waals surface area (Å²) in [5.74, 6) is 0. The molecule has 0 atom stereocenters. The summed E-state index contributed by atoms with van der Waals surface area (Å²) in [6.07, 6.45) is 3.72. The second-order valence-corrected chi connectivity index (χ2v) is 1.10. The minimum absolute atomic E-state index is 0.935. The average molecular weight is 101 g/mol. The van der Waals surface area contributed by atoms with Gasteiger partial charge in [0, 0.05) is 0 Å². The average Bonchev–Trinajstić information content (AvgIpc) is 1.72. The van der Waals surface area contributed by atoms with Gasteiger partial charge in [-0.2, -0.15) is 0 Å². The Hall–Kier alpha value is -0.510. The van der Waals surface area contributed by atoms with E-state index in [4.69, 9.17) is 0 Å². The lowest BCUT2D eigenvalue weighted by molar-refractivity contribution is 0.552. The molecule has 1 rings (SSSR count). The van der Waals surface area contributed by atoms with Crippen LogP contribution in [0.4, 0.5) is 0 Å². The number of nitrogens with zero attached hydrogens (tertiary/aromatic N) is 2. The fraction of sp³-hybridized carbons (Fsp3) is 0. The van der Waals surface area contributed by atoms with Gasteiger partial charge in [0.2, 0.25) is 12.2 Å². The van der Waals surface area contributed by atoms with Gasteiger partial charge in [-0.25, -0.2) is 0 Å². The second-order valence-electron chi connectivity index (χ2n) is 0.599. The summed E-state index contributed by atoms with van der Waals surface area (Å²) in [5, 5.41) is 3.33. The monoisotopic (exact) mass is 101 g/mol. The van der Waals surface area contributed by atoms with E-state index in [1.807, 2.05) is 0 Å². The van der Waals surface area contributed by atoms with E-state index in [2.05, 4.69) is 20.0 Å². The van der Waals surface area contributed by atoms with Crippen LogP contribution in [0, 0.1) is 6.20 Å². The van der Waals surface area contributed by atoms with Gasteiger partial charge < -0.3 is 4.18 Å². The summed E-state index contributed by atoms with van der Waals surface area (Å²) in [6.45, 7) is 0. The Kier molecular flexibility index (Phi) is 1.11. The van der Waals surface area contributed by atoms with E-state index in [9.17, 15) is 0 Å². The minimum Gasteiger partial charge on any atom is -0.409 e. The molecule has 0 unspecified atom stereocenters. The first-order chi connectivity index (χ1) is 3.00. The van der Waals surface area contributed by atoms with Crippen molar-refractivity contribution in [1.29, 1.82) is 0 Å². The summed E-state index contributed by atoms with van der Waals surface area (Å²) < 4.78 is 7.84. The standard InChI is InChI=1S/C2HN2OS/c1-2-5-6-4-3-1/h2H. The van der Waals surface area contributed by atoms with Gasteiger partial charge in [0.1, 0.15) is 6.26 Å². The molecule has 1 radical (unpaired) electrons. The molecule has 3 nitrogen and oxygen atoms in total. The van der Waals surface area contributed by atoms with Gasteiger partial charge >= 0.3 is 0 Å². The quantitative estimate of drug-likeness (QED) is 0.340. The summed E-state index contributed by atoms with van der Waals surface area (Å²) in [5.41, 5.74) is 0. The van der Waals surface area contributed by atoms with Crippen molar-refractivity contribution in [1.82, 2.24) is 0 Å². The molecule has 0 fully saturated rings. The largest absolute Gasteiger partial charge is 0.409 e. The van der Waals surface area contributed by atoms with Crippen molar-refractivity contribution in [3.8, 4) is 0 Å². The Balaban J connectivity index is 2.46. The van der Waals surface area contributed by atoms with E-state index in [1.54, 1.807) is 0 Å². The van der Waals surface area contributed by atoms with Crippen LogP contribution in [0.2, 0.25) is 0 Å². The van der Waals surface area contributed by atoms with Crippen molar-refractivity contribution in [2.45, 2.75) is 0 Å². The van der Waals surface area contributed by atoms with Gasteiger partial charge in [-0.1, -0.05) is 4.52 Å². The molecule has 0 amide bonds. The molecule has 4 heteroatoms. The van der Waals surface area contributed by atoms with Gasteiger partial charge in [0.25, 0.3) is 0 Å². The van der Waals surface area contributed by atoms with E-state index in [1.165, 1.54) is 6.26 Å². The van der Waals surface area contributed by atoms with Crippen LogP contribution in [0.5, 0.6) is 0 Å². The lowest BCUT2D eigenvalue weighted by Crippen LogP contribution is -1.64. The van der Waals surface area contributed by atoms with Crippen LogP contribution in [-0.4, -0.2) is 0 Å². The van der Waals surface area contributed by atoms with E-state index >= 15 is 0 Å². The highest BCUT2D eigenvalue weighted by atomic mass is 32.2. The molecule has 0 aromatic rings. The third-order valence-corrected chi connectivity index (χ3v) is 0.606. The van der Waals surface area contributed by atoms with Crippen molar-refractivity contribution in [2.24, 2.45) is 9.63 Å². The van der Waals surface area contributed by atoms with E-state index < -0.39 is 0 Å². The van der Waals surface area contributed by atoms with Crippen molar-refractivity contribution in [2.75, 3.05) is 0 Å². The lowest BCUT2D eigenvalue weighted by atomic mass is 11.0. The van der Waals surface area contributed by atoms with Crippen molar-refractivity contribution in [3.05, 3.63) is 12.5 Å². The van der Waals surface area contributed by atoms with Crippen LogP contribution in [0.3, 0.4) is 0 Å². The van der Waals surface area contributed by atoms with Crippen LogP contribution >= 0.6 is 12.2 Å². The summed E-state index contributed by atoms with van der Waals surface area (Å²) in [6, 6.07) is 0. The maximum atomic E-state index is 4.49. The van der Waals surface area contributed by atoms with Crippen molar-refractivity contribution in [3.63, 3.8) is 0 Å². The summed E-state index contributed by atoms with van der Waals surface area (Å²) in [4.78, 5) is 0. The van der Waals surface area contributed by atoms with Crippen molar-refractivity contribution >= 4 is 12.2 Å². The topological polar surface area (TPSA) is 34.0 Å². The van der Waals surface area contributed by atoms with Crippen LogP contribution in [0.15, 0.2) is 15.9 Å². The third kappa shape index (κ3) is 0.718. The highest BCUT2D eigenvalue weighted by molar-refractivity contribution is 7.93. The Morgan fingerprint density at radius 3 is 3.00 bits per heavy atom. The normalized spacial score (nSPS) is 17.3. The van der Waals surface area contributed by atoms with Crippen LogP contribution in [0.1, 0.15) is 0 Å². The van der Waals surface area contributed by atoms with Gasteiger partial charge in [0.05, 0.1) is 0 Å². The van der Waals surface area contributed by atoms with E-state index in [-0.39, 0.29) is 0 Å². The number of rotatable bonds is 0. The molecule has 0 spiro atoms. The minimum atomic E-state index is 0.935. The second kappa shape index (κ2) is 1.81. The SMILES string of the molecule is [C]1=COSN=N1. The van der Waals surface area contributed by atoms with Crippen LogP contribution in [-0.2, 0) is 4.18 Å². The molecule has 31 valence electrons. The van der Waals surface area contributed by atoms with Crippen molar-refractivity contribution < 1.29 is 4.18 Å². The molecule has 0 aliphatic carbocycles. The fourth-order valence-corrected chi connectivity index (χ4v) is 0.331. The molecule has 0 saturated carbocycles. The molecule has 1 aliphatic rings. The van der Waals surface area contributed by atoms with Crippen LogP contribution < -0.4 is 0 Å². The van der Waals surface area contributed by atoms with Gasteiger partial charge in [-0.05, 0) is 0 Å². The molecule has 0 N–H and O–H groups in total. The molecular weight excluding hydrogens is 100 g/mol. The lowest BCUT2D eigenvalue weighted by Gasteiger charge is -1.88. The third-order valence-electron chi connectivity index (χ3n) is 0.276. The molecular formula is C2HN2OS. The molecule has 6 heavy (non-hydrogen) atoms. The zero-order valence-electron chi connectivity index (χ0n) is 2.79. The van der Waals surface area contributed by atoms with Gasteiger partial charge in [-0.15, -0.1) is 5.11 Å². The maximum Gasteiger partial charge on any atom is 0.221 e. The molecule has 0 bridgehead atoms. The molecule has 1 heterocycles. The van der Waals surface area contributed by atoms with Crippen LogP contribution in [0.25, 0.3) is 0 Å². The Bertz CT molecular complexity index is 77.5. The Morgan fingerprint density at radius 1 is 1.83 bits per heavy atom. The number of hydrogen-bond donors (Lipinski definition) is 0.